The van der Waals surface area contributed by atoms with Crippen LogP contribution in [0, 0.1) is 5.92 Å². The molecular weight excluding hydrogens is 244 g/mol. The Hall–Kier alpha value is -0.860. The molecule has 2 heteroatoms. The zero-order valence-corrected chi connectivity index (χ0v) is 13.5. The molecule has 1 fully saturated rings. The van der Waals surface area contributed by atoms with Gasteiger partial charge in [-0.05, 0) is 30.9 Å². The van der Waals surface area contributed by atoms with Gasteiger partial charge in [0.25, 0.3) is 0 Å². The highest BCUT2D eigenvalue weighted by molar-refractivity contribution is 5.20. The number of benzene rings is 1. The molecule has 2 rings (SSSR count). The summed E-state index contributed by atoms with van der Waals surface area (Å²) in [4.78, 5) is 2.73. The molecule has 2 unspecified atom stereocenters. The Morgan fingerprint density at radius 2 is 1.85 bits per heavy atom. The molecule has 20 heavy (non-hydrogen) atoms. The third-order valence-corrected chi connectivity index (χ3v) is 4.42. The molecule has 1 aliphatic heterocycles. The summed E-state index contributed by atoms with van der Waals surface area (Å²) in [5, 5.41) is 3.64. The normalized spacial score (nSPS) is 21.8. The molecule has 1 heterocycles. The van der Waals surface area contributed by atoms with E-state index in [0.29, 0.717) is 12.1 Å². The number of likely N-dealkylation sites (tertiary alicyclic amines) is 1. The van der Waals surface area contributed by atoms with Crippen LogP contribution in [-0.4, -0.2) is 30.1 Å². The Kier molecular flexibility index (Phi) is 5.62. The van der Waals surface area contributed by atoms with Crippen molar-refractivity contribution < 1.29 is 0 Å². The highest BCUT2D eigenvalue weighted by atomic mass is 15.2. The molecule has 0 aromatic heterocycles. The fourth-order valence-corrected chi connectivity index (χ4v) is 3.37. The Balaban J connectivity index is 2.17. The first-order chi connectivity index (χ1) is 9.59. The number of rotatable bonds is 6. The van der Waals surface area contributed by atoms with Crippen LogP contribution in [0.25, 0.3) is 0 Å². The van der Waals surface area contributed by atoms with E-state index in [4.69, 9.17) is 0 Å². The second-order valence-electron chi connectivity index (χ2n) is 6.68. The van der Waals surface area contributed by atoms with E-state index in [1.807, 2.05) is 0 Å². The van der Waals surface area contributed by atoms with Crippen molar-refractivity contribution in [2.75, 3.05) is 13.1 Å². The summed E-state index contributed by atoms with van der Waals surface area (Å²) in [5.41, 5.74) is 1.45. The van der Waals surface area contributed by atoms with Crippen molar-refractivity contribution in [3.8, 4) is 0 Å². The van der Waals surface area contributed by atoms with Crippen molar-refractivity contribution >= 4 is 0 Å². The molecule has 1 N–H and O–H groups in total. The van der Waals surface area contributed by atoms with Gasteiger partial charge in [0, 0.05) is 24.7 Å². The summed E-state index contributed by atoms with van der Waals surface area (Å²) in [6.07, 6.45) is 2.69. The lowest BCUT2D eigenvalue weighted by atomic mass is 9.98. The average Bonchev–Trinajstić information content (AvgIpc) is 2.89. The highest BCUT2D eigenvalue weighted by Crippen LogP contribution is 2.32. The maximum atomic E-state index is 3.64. The number of nitrogens with zero attached hydrogens (tertiary/aromatic N) is 1. The molecule has 0 spiro atoms. The smallest absolute Gasteiger partial charge is 0.0475 e. The minimum atomic E-state index is 0.508. The van der Waals surface area contributed by atoms with Crippen LogP contribution in [-0.2, 0) is 0 Å². The molecule has 1 aliphatic rings. The first kappa shape index (κ1) is 15.5. The third-order valence-electron chi connectivity index (χ3n) is 4.42. The van der Waals surface area contributed by atoms with Crippen LogP contribution in [0.5, 0.6) is 0 Å². The summed E-state index contributed by atoms with van der Waals surface area (Å²) >= 11 is 0. The summed E-state index contributed by atoms with van der Waals surface area (Å²) in [6.45, 7) is 11.5. The first-order valence-corrected chi connectivity index (χ1v) is 8.13. The quantitative estimate of drug-likeness (QED) is 0.847. The predicted molar refractivity (Wildman–Crippen MR) is 86.9 cm³/mol. The van der Waals surface area contributed by atoms with Crippen LogP contribution < -0.4 is 5.32 Å². The highest BCUT2D eigenvalue weighted by Gasteiger charge is 2.33. The van der Waals surface area contributed by atoms with E-state index in [0.717, 1.165) is 18.5 Å². The standard InChI is InChI=1S/C18H30N2/c1-14(2)17-11-8-12-20(17)18(13-19-15(3)4)16-9-6-5-7-10-16/h5-7,9-10,14-15,17-19H,8,11-13H2,1-4H3. The zero-order chi connectivity index (χ0) is 14.5. The molecule has 0 aliphatic carbocycles. The van der Waals surface area contributed by atoms with Crippen LogP contribution in [0.15, 0.2) is 30.3 Å². The second kappa shape index (κ2) is 7.24. The predicted octanol–water partition coefficient (Wildman–Crippen LogP) is 3.85. The van der Waals surface area contributed by atoms with Crippen molar-refractivity contribution in [2.45, 2.75) is 58.7 Å². The lowest BCUT2D eigenvalue weighted by molar-refractivity contribution is 0.141. The van der Waals surface area contributed by atoms with Gasteiger partial charge in [0.2, 0.25) is 0 Å². The average molecular weight is 274 g/mol. The summed E-state index contributed by atoms with van der Waals surface area (Å²) < 4.78 is 0. The van der Waals surface area contributed by atoms with Crippen molar-refractivity contribution in [1.29, 1.82) is 0 Å². The van der Waals surface area contributed by atoms with Crippen LogP contribution in [0.2, 0.25) is 0 Å². The monoisotopic (exact) mass is 274 g/mol. The Morgan fingerprint density at radius 3 is 2.45 bits per heavy atom. The Labute approximate surface area is 124 Å². The van der Waals surface area contributed by atoms with Crippen LogP contribution in [0.4, 0.5) is 0 Å². The molecule has 1 aromatic rings. The number of hydrogen-bond donors (Lipinski definition) is 1. The van der Waals surface area contributed by atoms with E-state index in [-0.39, 0.29) is 0 Å². The molecule has 0 radical (unpaired) electrons. The maximum absolute atomic E-state index is 3.64. The van der Waals surface area contributed by atoms with Crippen LogP contribution in [0.1, 0.15) is 52.1 Å². The fourth-order valence-electron chi connectivity index (χ4n) is 3.37. The molecular formula is C18H30N2. The van der Waals surface area contributed by atoms with Gasteiger partial charge >= 0.3 is 0 Å². The van der Waals surface area contributed by atoms with Crippen molar-refractivity contribution in [3.05, 3.63) is 35.9 Å². The largest absolute Gasteiger partial charge is 0.313 e. The van der Waals surface area contributed by atoms with E-state index >= 15 is 0 Å². The Bertz CT molecular complexity index is 386. The molecule has 112 valence electrons. The van der Waals surface area contributed by atoms with E-state index in [1.165, 1.54) is 24.9 Å². The SMILES string of the molecule is CC(C)NCC(c1ccccc1)N1CCCC1C(C)C. The van der Waals surface area contributed by atoms with Gasteiger partial charge in [-0.1, -0.05) is 58.0 Å². The minimum Gasteiger partial charge on any atom is -0.313 e. The molecule has 2 atom stereocenters. The third kappa shape index (κ3) is 3.83. The van der Waals surface area contributed by atoms with E-state index in [1.54, 1.807) is 0 Å². The lowest BCUT2D eigenvalue weighted by Gasteiger charge is -2.36. The number of hydrogen-bond acceptors (Lipinski definition) is 2. The van der Waals surface area contributed by atoms with Gasteiger partial charge in [-0.15, -0.1) is 0 Å². The molecule has 2 nitrogen and oxygen atoms in total. The van der Waals surface area contributed by atoms with E-state index in [9.17, 15) is 0 Å². The topological polar surface area (TPSA) is 15.3 Å². The van der Waals surface area contributed by atoms with Gasteiger partial charge in [-0.25, -0.2) is 0 Å². The maximum Gasteiger partial charge on any atom is 0.0475 e. The van der Waals surface area contributed by atoms with Gasteiger partial charge < -0.3 is 5.32 Å². The fraction of sp³-hybridized carbons (Fsp3) is 0.667. The number of nitrogens with one attached hydrogen (secondary N) is 1. The van der Waals surface area contributed by atoms with E-state index in [2.05, 4.69) is 68.2 Å². The second-order valence-corrected chi connectivity index (χ2v) is 6.68. The van der Waals surface area contributed by atoms with Gasteiger partial charge in [-0.3, -0.25) is 4.90 Å². The van der Waals surface area contributed by atoms with Crippen LogP contribution in [0.3, 0.4) is 0 Å². The van der Waals surface area contributed by atoms with Gasteiger partial charge in [0.05, 0.1) is 0 Å². The summed E-state index contributed by atoms with van der Waals surface area (Å²) in [5.74, 6) is 0.739. The van der Waals surface area contributed by atoms with Crippen molar-refractivity contribution in [1.82, 2.24) is 10.2 Å². The summed E-state index contributed by atoms with van der Waals surface area (Å²) in [6, 6.07) is 12.8. The minimum absolute atomic E-state index is 0.508. The summed E-state index contributed by atoms with van der Waals surface area (Å²) in [7, 11) is 0. The van der Waals surface area contributed by atoms with Crippen molar-refractivity contribution in [2.24, 2.45) is 5.92 Å². The zero-order valence-electron chi connectivity index (χ0n) is 13.5. The van der Waals surface area contributed by atoms with Gasteiger partial charge in [-0.2, -0.15) is 0 Å². The van der Waals surface area contributed by atoms with Crippen LogP contribution >= 0.6 is 0 Å². The molecule has 0 saturated carbocycles. The van der Waals surface area contributed by atoms with Gasteiger partial charge in [0.15, 0.2) is 0 Å². The molecule has 1 aromatic carbocycles. The molecule has 0 bridgehead atoms. The Morgan fingerprint density at radius 1 is 1.15 bits per heavy atom. The molecule has 0 amide bonds. The van der Waals surface area contributed by atoms with Gasteiger partial charge in [0.1, 0.15) is 0 Å². The van der Waals surface area contributed by atoms with E-state index < -0.39 is 0 Å². The first-order valence-electron chi connectivity index (χ1n) is 8.13. The lowest BCUT2D eigenvalue weighted by Crippen LogP contribution is -2.42. The van der Waals surface area contributed by atoms with Crippen molar-refractivity contribution in [3.63, 3.8) is 0 Å². The molecule has 1 saturated heterocycles.